The van der Waals surface area contributed by atoms with Crippen LogP contribution in [0.25, 0.3) is 0 Å². The molecule has 10 heteroatoms. The largest absolute Gasteiger partial charge is 0.481 e. The van der Waals surface area contributed by atoms with Crippen LogP contribution in [-0.2, 0) is 22.4 Å². The van der Waals surface area contributed by atoms with Gasteiger partial charge in [0.25, 0.3) is 0 Å². The van der Waals surface area contributed by atoms with E-state index >= 15 is 0 Å². The SMILES string of the molecule is O=C(CCc1ccccc1)Nc1ccc(Cl)c(C(=O)CC(CNC(=O)NC2CCc3ccccc32)C(=O)O)c1Cl. The molecule has 2 unspecified atom stereocenters. The van der Waals surface area contributed by atoms with Crippen LogP contribution in [-0.4, -0.2) is 35.3 Å². The Bertz CT molecular complexity index is 1410. The van der Waals surface area contributed by atoms with E-state index in [9.17, 15) is 24.3 Å². The highest BCUT2D eigenvalue weighted by molar-refractivity contribution is 6.41. The maximum atomic E-state index is 13.1. The zero-order valence-electron chi connectivity index (χ0n) is 21.6. The summed E-state index contributed by atoms with van der Waals surface area (Å²) in [6, 6.07) is 19.6. The molecule has 0 radical (unpaired) electrons. The van der Waals surface area contributed by atoms with Gasteiger partial charge in [-0.25, -0.2) is 4.79 Å². The smallest absolute Gasteiger partial charge is 0.315 e. The van der Waals surface area contributed by atoms with E-state index in [1.165, 1.54) is 17.7 Å². The van der Waals surface area contributed by atoms with Crippen molar-refractivity contribution in [2.45, 2.75) is 38.1 Å². The number of carbonyl (C=O) groups excluding carboxylic acids is 3. The van der Waals surface area contributed by atoms with Crippen LogP contribution in [0.2, 0.25) is 10.0 Å². The van der Waals surface area contributed by atoms with Crippen LogP contribution in [0.4, 0.5) is 10.5 Å². The summed E-state index contributed by atoms with van der Waals surface area (Å²) in [5.74, 6) is -3.38. The number of hydrogen-bond acceptors (Lipinski definition) is 4. The minimum Gasteiger partial charge on any atom is -0.481 e. The van der Waals surface area contributed by atoms with Crippen molar-refractivity contribution in [2.75, 3.05) is 11.9 Å². The molecule has 8 nitrogen and oxygen atoms in total. The fraction of sp³-hybridized carbons (Fsp3) is 0.267. The average Bonchev–Trinajstić information content (AvgIpc) is 3.34. The number of benzene rings is 3. The van der Waals surface area contributed by atoms with Gasteiger partial charge in [0, 0.05) is 19.4 Å². The molecule has 4 rings (SSSR count). The van der Waals surface area contributed by atoms with E-state index in [1.54, 1.807) is 0 Å². The molecule has 0 saturated heterocycles. The Morgan fingerprint density at radius 2 is 1.68 bits per heavy atom. The molecule has 0 aliphatic heterocycles. The molecule has 3 aromatic carbocycles. The Kier molecular flexibility index (Phi) is 9.79. The van der Waals surface area contributed by atoms with E-state index in [2.05, 4.69) is 16.0 Å². The fourth-order valence-electron chi connectivity index (χ4n) is 4.72. The number of aliphatic carboxylic acids is 1. The highest BCUT2D eigenvalue weighted by atomic mass is 35.5. The van der Waals surface area contributed by atoms with Gasteiger partial charge < -0.3 is 21.1 Å². The van der Waals surface area contributed by atoms with Gasteiger partial charge in [-0.1, -0.05) is 77.8 Å². The molecule has 4 N–H and O–H groups in total. The van der Waals surface area contributed by atoms with Gasteiger partial charge in [-0.15, -0.1) is 0 Å². The van der Waals surface area contributed by atoms with E-state index in [0.29, 0.717) is 6.42 Å². The quantitative estimate of drug-likeness (QED) is 0.212. The number of amides is 3. The molecule has 0 spiro atoms. The number of carboxylic acid groups (broad SMARTS) is 1. The van der Waals surface area contributed by atoms with Crippen LogP contribution in [0.3, 0.4) is 0 Å². The van der Waals surface area contributed by atoms with Crippen LogP contribution in [0.5, 0.6) is 0 Å². The lowest BCUT2D eigenvalue weighted by molar-refractivity contribution is -0.141. The molecule has 0 saturated carbocycles. The second kappa shape index (κ2) is 13.5. The summed E-state index contributed by atoms with van der Waals surface area (Å²) in [6.07, 6.45) is 1.88. The Morgan fingerprint density at radius 1 is 0.950 bits per heavy atom. The Labute approximate surface area is 242 Å². The van der Waals surface area contributed by atoms with Crippen molar-refractivity contribution in [3.8, 4) is 0 Å². The number of urea groups is 1. The summed E-state index contributed by atoms with van der Waals surface area (Å²) in [4.78, 5) is 50.1. The zero-order chi connectivity index (χ0) is 28.6. The highest BCUT2D eigenvalue weighted by Gasteiger charge is 2.28. The first-order valence-corrected chi connectivity index (χ1v) is 13.7. The highest BCUT2D eigenvalue weighted by Crippen LogP contribution is 2.34. The number of halogens is 2. The minimum atomic E-state index is -1.25. The average molecular weight is 582 g/mol. The zero-order valence-corrected chi connectivity index (χ0v) is 23.1. The van der Waals surface area contributed by atoms with Crippen molar-refractivity contribution < 1.29 is 24.3 Å². The third kappa shape index (κ3) is 7.40. The van der Waals surface area contributed by atoms with Gasteiger partial charge in [-0.05, 0) is 48.1 Å². The first-order valence-electron chi connectivity index (χ1n) is 12.9. The molecule has 0 heterocycles. The standard InChI is InChI=1S/C30H29Cl2N3O5/c31-22-12-14-24(34-26(37)15-10-18-6-2-1-3-7-18)28(32)27(22)25(36)16-20(29(38)39)17-33-30(40)35-23-13-11-19-8-4-5-9-21(19)23/h1-9,12,14,20,23H,10-11,13,15-17H2,(H,34,37)(H,38,39)(H2,33,35,40). The molecular weight excluding hydrogens is 553 g/mol. The predicted octanol–water partition coefficient (Wildman–Crippen LogP) is 5.83. The van der Waals surface area contributed by atoms with Gasteiger partial charge in [0.05, 0.1) is 33.3 Å². The van der Waals surface area contributed by atoms with Crippen molar-refractivity contribution in [1.29, 1.82) is 0 Å². The number of hydrogen-bond donors (Lipinski definition) is 4. The summed E-state index contributed by atoms with van der Waals surface area (Å²) in [5.41, 5.74) is 3.34. The van der Waals surface area contributed by atoms with Crippen LogP contribution in [0.15, 0.2) is 66.7 Å². The van der Waals surface area contributed by atoms with Crippen LogP contribution in [0.1, 0.15) is 52.4 Å². The lowest BCUT2D eigenvalue weighted by Crippen LogP contribution is -2.41. The first-order chi connectivity index (χ1) is 19.2. The van der Waals surface area contributed by atoms with Crippen LogP contribution >= 0.6 is 23.2 Å². The van der Waals surface area contributed by atoms with Crippen LogP contribution < -0.4 is 16.0 Å². The molecular formula is C30H29Cl2N3O5. The predicted molar refractivity (Wildman–Crippen MR) is 154 cm³/mol. The van der Waals surface area contributed by atoms with Gasteiger partial charge in [0.2, 0.25) is 5.91 Å². The second-order valence-corrected chi connectivity index (χ2v) is 10.4. The number of carbonyl (C=O) groups is 4. The third-order valence-electron chi connectivity index (χ3n) is 6.86. The van der Waals surface area contributed by atoms with Gasteiger partial charge in [0.1, 0.15) is 0 Å². The van der Waals surface area contributed by atoms with Gasteiger partial charge in [-0.2, -0.15) is 0 Å². The van der Waals surface area contributed by atoms with E-state index in [-0.39, 0.29) is 46.2 Å². The van der Waals surface area contributed by atoms with Crippen molar-refractivity contribution >= 4 is 52.6 Å². The van der Waals surface area contributed by atoms with Crippen molar-refractivity contribution in [3.63, 3.8) is 0 Å². The fourth-order valence-corrected chi connectivity index (χ4v) is 5.35. The molecule has 0 fully saturated rings. The maximum Gasteiger partial charge on any atom is 0.315 e. The molecule has 0 bridgehead atoms. The summed E-state index contributed by atoms with van der Waals surface area (Å²) in [6.45, 7) is -0.271. The monoisotopic (exact) mass is 581 g/mol. The molecule has 40 heavy (non-hydrogen) atoms. The number of carboxylic acids is 1. The molecule has 208 valence electrons. The summed E-state index contributed by atoms with van der Waals surface area (Å²) < 4.78 is 0. The van der Waals surface area contributed by atoms with E-state index < -0.39 is 30.1 Å². The molecule has 1 aliphatic rings. The maximum absolute atomic E-state index is 13.1. The number of anilines is 1. The summed E-state index contributed by atoms with van der Waals surface area (Å²) >= 11 is 12.7. The summed E-state index contributed by atoms with van der Waals surface area (Å²) in [5, 5.41) is 17.8. The summed E-state index contributed by atoms with van der Waals surface area (Å²) in [7, 11) is 0. The lowest BCUT2D eigenvalue weighted by atomic mass is 9.97. The van der Waals surface area contributed by atoms with Crippen LogP contribution in [0, 0.1) is 5.92 Å². The van der Waals surface area contributed by atoms with E-state index in [0.717, 1.165) is 24.0 Å². The molecule has 3 aromatic rings. The number of Topliss-reactive ketones (excluding diaryl/α,β-unsaturated/α-hetero) is 1. The van der Waals surface area contributed by atoms with Gasteiger partial charge in [-0.3, -0.25) is 14.4 Å². The number of aryl methyl sites for hydroxylation is 2. The first kappa shape index (κ1) is 29.1. The Morgan fingerprint density at radius 3 is 2.42 bits per heavy atom. The molecule has 1 aliphatic carbocycles. The molecule has 3 amide bonds. The van der Waals surface area contributed by atoms with Crippen molar-refractivity contribution in [2.24, 2.45) is 5.92 Å². The van der Waals surface area contributed by atoms with Gasteiger partial charge in [0.15, 0.2) is 5.78 Å². The van der Waals surface area contributed by atoms with Crippen molar-refractivity contribution in [1.82, 2.24) is 10.6 Å². The number of nitrogens with one attached hydrogen (secondary N) is 3. The number of fused-ring (bicyclic) bond motifs is 1. The second-order valence-electron chi connectivity index (χ2n) is 9.62. The van der Waals surface area contributed by atoms with Crippen molar-refractivity contribution in [3.05, 3.63) is 99.0 Å². The van der Waals surface area contributed by atoms with Gasteiger partial charge >= 0.3 is 12.0 Å². The normalized spacial score (nSPS) is 14.6. The van der Waals surface area contributed by atoms with E-state index in [1.807, 2.05) is 54.6 Å². The molecule has 0 aromatic heterocycles. The minimum absolute atomic E-state index is 0.0343. The number of rotatable bonds is 11. The van der Waals surface area contributed by atoms with E-state index in [4.69, 9.17) is 23.2 Å². The molecule has 2 atom stereocenters. The Balaban J connectivity index is 1.35. The Hall–Kier alpha value is -3.88. The third-order valence-corrected chi connectivity index (χ3v) is 7.56. The topological polar surface area (TPSA) is 125 Å². The lowest BCUT2D eigenvalue weighted by Gasteiger charge is -2.18. The number of ketones is 1.